The molecule has 0 spiro atoms. The molecule has 3 heteroatoms. The number of likely N-dealkylation sites (N-methyl/N-ethyl adjacent to an activating group) is 1. The van der Waals surface area contributed by atoms with Crippen molar-refractivity contribution >= 4 is 23.2 Å². The number of ether oxygens (including phenoxy) is 1. The van der Waals surface area contributed by atoms with Crippen molar-refractivity contribution in [3.63, 3.8) is 0 Å². The van der Waals surface area contributed by atoms with Gasteiger partial charge in [-0.1, -0.05) is 23.8 Å². The van der Waals surface area contributed by atoms with Crippen LogP contribution < -0.4 is 9.64 Å². The lowest BCUT2D eigenvalue weighted by molar-refractivity contribution is 0.414. The number of nitrogens with zero attached hydrogens (tertiary/aromatic N) is 2. The molecule has 1 aliphatic heterocycles. The summed E-state index contributed by atoms with van der Waals surface area (Å²) in [5.41, 5.74) is 8.09. The zero-order chi connectivity index (χ0) is 19.1. The Bertz CT molecular complexity index is 907. The van der Waals surface area contributed by atoms with Crippen LogP contribution in [0.3, 0.4) is 0 Å². The van der Waals surface area contributed by atoms with Gasteiger partial charge in [0.15, 0.2) is 0 Å². The van der Waals surface area contributed by atoms with Crippen molar-refractivity contribution in [2.24, 2.45) is 4.99 Å². The second-order valence-corrected chi connectivity index (χ2v) is 7.70. The third-order valence-corrected chi connectivity index (χ3v) is 5.26. The van der Waals surface area contributed by atoms with E-state index in [-0.39, 0.29) is 5.54 Å². The molecule has 0 saturated carbocycles. The van der Waals surface area contributed by atoms with Gasteiger partial charge in [0.1, 0.15) is 5.75 Å². The first-order valence-corrected chi connectivity index (χ1v) is 9.00. The molecule has 2 aromatic rings. The minimum atomic E-state index is -0.0172. The fourth-order valence-corrected chi connectivity index (χ4v) is 3.56. The molecule has 1 aliphatic rings. The quantitative estimate of drug-likeness (QED) is 0.665. The van der Waals surface area contributed by atoms with E-state index < -0.39 is 0 Å². The van der Waals surface area contributed by atoms with E-state index in [1.54, 1.807) is 7.11 Å². The molecule has 0 aliphatic carbocycles. The van der Waals surface area contributed by atoms with E-state index in [0.29, 0.717) is 0 Å². The van der Waals surface area contributed by atoms with Crippen LogP contribution in [-0.4, -0.2) is 25.9 Å². The number of aliphatic imine (C=N–C) groups is 1. The van der Waals surface area contributed by atoms with Gasteiger partial charge in [-0.15, -0.1) is 0 Å². The third-order valence-electron chi connectivity index (χ3n) is 5.26. The van der Waals surface area contributed by atoms with Crippen LogP contribution in [0, 0.1) is 13.8 Å². The van der Waals surface area contributed by atoms with Crippen molar-refractivity contribution < 1.29 is 4.74 Å². The molecule has 0 saturated heterocycles. The lowest BCUT2D eigenvalue weighted by Gasteiger charge is -2.40. The van der Waals surface area contributed by atoms with Gasteiger partial charge >= 0.3 is 0 Å². The van der Waals surface area contributed by atoms with Crippen LogP contribution in [0.4, 0.5) is 11.4 Å². The molecule has 0 radical (unpaired) electrons. The highest BCUT2D eigenvalue weighted by atomic mass is 16.5. The fraction of sp³-hybridized carbons (Fsp3) is 0.348. The van der Waals surface area contributed by atoms with Gasteiger partial charge in [0, 0.05) is 36.1 Å². The summed E-state index contributed by atoms with van der Waals surface area (Å²) in [4.78, 5) is 7.00. The van der Waals surface area contributed by atoms with E-state index in [0.717, 1.165) is 17.0 Å². The van der Waals surface area contributed by atoms with Crippen LogP contribution >= 0.6 is 0 Å². The van der Waals surface area contributed by atoms with E-state index in [2.05, 4.69) is 83.0 Å². The van der Waals surface area contributed by atoms with Crippen molar-refractivity contribution in [1.82, 2.24) is 0 Å². The molecule has 3 nitrogen and oxygen atoms in total. The van der Waals surface area contributed by atoms with Crippen molar-refractivity contribution in [3.05, 3.63) is 58.7 Å². The first kappa shape index (κ1) is 18.2. The number of allylic oxidation sites excluding steroid dienone is 1. The molecule has 0 bridgehead atoms. The third kappa shape index (κ3) is 3.26. The molecule has 0 unspecified atom stereocenters. The molecule has 3 rings (SSSR count). The van der Waals surface area contributed by atoms with Crippen LogP contribution in [0.15, 0.2) is 41.4 Å². The summed E-state index contributed by atoms with van der Waals surface area (Å²) in [6.45, 7) is 10.8. The van der Waals surface area contributed by atoms with Crippen molar-refractivity contribution in [2.75, 3.05) is 19.1 Å². The zero-order valence-electron chi connectivity index (χ0n) is 16.8. The lowest BCUT2D eigenvalue weighted by Crippen LogP contribution is -2.42. The molecule has 0 amide bonds. The number of aryl methyl sites for hydroxylation is 2. The van der Waals surface area contributed by atoms with Gasteiger partial charge in [0.25, 0.3) is 0 Å². The normalized spacial score (nSPS) is 15.8. The molecule has 0 fully saturated rings. The van der Waals surface area contributed by atoms with Crippen LogP contribution in [0.2, 0.25) is 0 Å². The summed E-state index contributed by atoms with van der Waals surface area (Å²) >= 11 is 0. The Morgan fingerprint density at radius 2 is 1.81 bits per heavy atom. The predicted molar refractivity (Wildman–Crippen MR) is 112 cm³/mol. The lowest BCUT2D eigenvalue weighted by atomic mass is 9.88. The molecule has 0 N–H and O–H groups in total. The van der Waals surface area contributed by atoms with Crippen molar-refractivity contribution in [1.29, 1.82) is 0 Å². The average molecular weight is 348 g/mol. The van der Waals surface area contributed by atoms with E-state index in [9.17, 15) is 0 Å². The smallest absolute Gasteiger partial charge is 0.129 e. The number of hydrogen-bond acceptors (Lipinski definition) is 3. The maximum Gasteiger partial charge on any atom is 0.129 e. The van der Waals surface area contributed by atoms with E-state index in [1.807, 2.05) is 6.21 Å². The minimum Gasteiger partial charge on any atom is -0.496 e. The molecule has 0 atom stereocenters. The summed E-state index contributed by atoms with van der Waals surface area (Å²) in [5, 5.41) is 0. The van der Waals surface area contributed by atoms with Crippen molar-refractivity contribution in [2.45, 2.75) is 40.2 Å². The van der Waals surface area contributed by atoms with Gasteiger partial charge in [-0.3, -0.25) is 4.99 Å². The number of rotatable bonds is 3. The van der Waals surface area contributed by atoms with Gasteiger partial charge in [-0.05, 0) is 57.9 Å². The Balaban J connectivity index is 2.06. The van der Waals surface area contributed by atoms with E-state index in [1.165, 1.54) is 28.0 Å². The second kappa shape index (κ2) is 6.64. The predicted octanol–water partition coefficient (Wildman–Crippen LogP) is 5.69. The molecule has 26 heavy (non-hydrogen) atoms. The second-order valence-electron chi connectivity index (χ2n) is 7.70. The highest BCUT2D eigenvalue weighted by molar-refractivity contribution is 5.92. The highest BCUT2D eigenvalue weighted by Crippen LogP contribution is 2.41. The molecular formula is C23H28N2O. The van der Waals surface area contributed by atoms with Gasteiger partial charge in [0.2, 0.25) is 0 Å². The Morgan fingerprint density at radius 3 is 2.46 bits per heavy atom. The van der Waals surface area contributed by atoms with E-state index >= 15 is 0 Å². The SMILES string of the molecule is COc1cc2c(cc1C=Nc1ccc(C)cc1C)C(C)=CC(C)(C)N2C. The van der Waals surface area contributed by atoms with Gasteiger partial charge in [0.05, 0.1) is 18.3 Å². The summed E-state index contributed by atoms with van der Waals surface area (Å²) in [5.74, 6) is 0.842. The topological polar surface area (TPSA) is 24.8 Å². The average Bonchev–Trinajstić information content (AvgIpc) is 2.58. The molecule has 2 aromatic carbocycles. The summed E-state index contributed by atoms with van der Waals surface area (Å²) in [6.07, 6.45) is 4.22. The fourth-order valence-electron chi connectivity index (χ4n) is 3.56. The molecule has 136 valence electrons. The standard InChI is InChI=1S/C23H28N2O/c1-15-8-9-20(16(2)10-15)24-14-18-11-19-17(3)13-23(4,5)25(6)21(19)12-22(18)26-7/h8-14H,1-7H3. The summed E-state index contributed by atoms with van der Waals surface area (Å²) in [7, 11) is 3.84. The largest absolute Gasteiger partial charge is 0.496 e. The Labute approximate surface area is 157 Å². The summed E-state index contributed by atoms with van der Waals surface area (Å²) < 4.78 is 5.66. The van der Waals surface area contributed by atoms with Gasteiger partial charge in [-0.2, -0.15) is 0 Å². The molecule has 0 aromatic heterocycles. The first-order valence-electron chi connectivity index (χ1n) is 9.00. The number of hydrogen-bond donors (Lipinski definition) is 0. The van der Waals surface area contributed by atoms with Crippen LogP contribution in [0.25, 0.3) is 5.57 Å². The molecular weight excluding hydrogens is 320 g/mol. The van der Waals surface area contributed by atoms with Crippen LogP contribution in [0.5, 0.6) is 5.75 Å². The van der Waals surface area contributed by atoms with Crippen LogP contribution in [-0.2, 0) is 0 Å². The number of anilines is 1. The van der Waals surface area contributed by atoms with Crippen molar-refractivity contribution in [3.8, 4) is 5.75 Å². The van der Waals surface area contributed by atoms with Gasteiger partial charge in [-0.25, -0.2) is 0 Å². The zero-order valence-corrected chi connectivity index (χ0v) is 16.8. The minimum absolute atomic E-state index is 0.0172. The number of methoxy groups -OCH3 is 1. The Kier molecular flexibility index (Phi) is 4.66. The molecule has 1 heterocycles. The first-order chi connectivity index (χ1) is 12.2. The monoisotopic (exact) mass is 348 g/mol. The Hall–Kier alpha value is -2.55. The number of fused-ring (bicyclic) bond motifs is 1. The highest BCUT2D eigenvalue weighted by Gasteiger charge is 2.29. The van der Waals surface area contributed by atoms with E-state index in [4.69, 9.17) is 9.73 Å². The Morgan fingerprint density at radius 1 is 1.08 bits per heavy atom. The number of benzene rings is 2. The van der Waals surface area contributed by atoms with Crippen LogP contribution in [0.1, 0.15) is 43.0 Å². The van der Waals surface area contributed by atoms with Gasteiger partial charge < -0.3 is 9.64 Å². The maximum absolute atomic E-state index is 5.66. The summed E-state index contributed by atoms with van der Waals surface area (Å²) in [6, 6.07) is 10.6. The maximum atomic E-state index is 5.66.